The molecule has 2 rings (SSSR count). The molecule has 0 spiro atoms. The topological polar surface area (TPSA) is 44.4 Å². The third kappa shape index (κ3) is 3.84. The summed E-state index contributed by atoms with van der Waals surface area (Å²) < 4.78 is 118. The van der Waals surface area contributed by atoms with Crippen molar-refractivity contribution in [3.05, 3.63) is 29.8 Å². The predicted octanol–water partition coefficient (Wildman–Crippen LogP) is 4.05. The quantitative estimate of drug-likeness (QED) is 0.706. The van der Waals surface area contributed by atoms with Gasteiger partial charge in [0.25, 0.3) is 5.41 Å². The van der Waals surface area contributed by atoms with Crippen LogP contribution in [0.15, 0.2) is 24.3 Å². The Labute approximate surface area is 152 Å². The molecule has 2 N–H and O–H groups in total. The number of alkyl halides is 9. The van der Waals surface area contributed by atoms with Crippen molar-refractivity contribution in [2.45, 2.75) is 23.9 Å². The molecule has 0 radical (unpaired) electrons. The molecule has 158 valence electrons. The van der Waals surface area contributed by atoms with E-state index in [1.165, 1.54) is 4.90 Å². The number of carbonyl (C=O) groups excluding carboxylic acids is 1. The van der Waals surface area contributed by atoms with Crippen LogP contribution in [-0.2, 0) is 5.41 Å². The molecule has 0 atom stereocenters. The Morgan fingerprint density at radius 2 is 1.25 bits per heavy atom. The van der Waals surface area contributed by atoms with Crippen molar-refractivity contribution in [3.63, 3.8) is 0 Å². The molecule has 1 saturated heterocycles. The third-order valence-electron chi connectivity index (χ3n) is 4.25. The lowest BCUT2D eigenvalue weighted by molar-refractivity contribution is -0.387. The summed E-state index contributed by atoms with van der Waals surface area (Å²) in [6, 6.07) is 0.563. The van der Waals surface area contributed by atoms with Gasteiger partial charge in [-0.05, 0) is 17.7 Å². The zero-order chi connectivity index (χ0) is 21.4. The molecule has 1 aliphatic rings. The van der Waals surface area contributed by atoms with Crippen molar-refractivity contribution < 1.29 is 44.3 Å². The van der Waals surface area contributed by atoms with Crippen LogP contribution in [0.3, 0.4) is 0 Å². The maximum Gasteiger partial charge on any atom is 0.416 e. The van der Waals surface area contributed by atoms with E-state index < -0.39 is 35.5 Å². The minimum Gasteiger partial charge on any atom is -0.322 e. The molecule has 0 unspecified atom stereocenters. The molecule has 0 saturated carbocycles. The summed E-state index contributed by atoms with van der Waals surface area (Å²) >= 11 is 0. The van der Waals surface area contributed by atoms with Gasteiger partial charge in [0, 0.05) is 31.9 Å². The summed E-state index contributed by atoms with van der Waals surface area (Å²) in [5, 5.41) is 5.18. The zero-order valence-electron chi connectivity index (χ0n) is 13.9. The average molecular weight is 423 g/mol. The Hall–Kier alpha value is -2.18. The standard InChI is InChI=1S/C15H14F9N3O/c16-13(17,18)12(14(19,20)21,15(22,23)24)9-1-3-10(4-2-9)26-11(28)27-7-5-25-6-8-27/h1-4,25H,5-8H2,(H,26,28). The Balaban J connectivity index is 2.38. The second-order valence-electron chi connectivity index (χ2n) is 5.99. The summed E-state index contributed by atoms with van der Waals surface area (Å²) in [4.78, 5) is 13.3. The van der Waals surface area contributed by atoms with E-state index in [0.717, 1.165) is 0 Å². The van der Waals surface area contributed by atoms with Crippen LogP contribution in [0.5, 0.6) is 0 Å². The number of benzene rings is 1. The smallest absolute Gasteiger partial charge is 0.322 e. The van der Waals surface area contributed by atoms with Crippen LogP contribution in [0.2, 0.25) is 0 Å². The van der Waals surface area contributed by atoms with E-state index in [1.54, 1.807) is 0 Å². The summed E-state index contributed by atoms with van der Waals surface area (Å²) in [7, 11) is 0. The summed E-state index contributed by atoms with van der Waals surface area (Å²) in [6.07, 6.45) is -20.1. The first-order valence-corrected chi connectivity index (χ1v) is 7.79. The van der Waals surface area contributed by atoms with E-state index >= 15 is 0 Å². The predicted molar refractivity (Wildman–Crippen MR) is 79.7 cm³/mol. The SMILES string of the molecule is O=C(Nc1ccc(C(C(F)(F)F)(C(F)(F)F)C(F)(F)F)cc1)N1CCNCC1. The molecule has 4 nitrogen and oxygen atoms in total. The molecule has 28 heavy (non-hydrogen) atoms. The van der Waals surface area contributed by atoms with Crippen LogP contribution < -0.4 is 10.6 Å². The molecule has 1 heterocycles. The number of carbonyl (C=O) groups is 1. The highest BCUT2D eigenvalue weighted by Gasteiger charge is 2.84. The molecule has 2 amide bonds. The molecular weight excluding hydrogens is 409 g/mol. The van der Waals surface area contributed by atoms with Crippen molar-refractivity contribution in [2.24, 2.45) is 0 Å². The normalized spacial score (nSPS) is 16.8. The van der Waals surface area contributed by atoms with E-state index in [0.29, 0.717) is 38.3 Å². The Morgan fingerprint density at radius 1 is 0.821 bits per heavy atom. The number of nitrogens with one attached hydrogen (secondary N) is 2. The van der Waals surface area contributed by atoms with Gasteiger partial charge in [-0.3, -0.25) is 0 Å². The zero-order valence-corrected chi connectivity index (χ0v) is 13.9. The van der Waals surface area contributed by atoms with Crippen molar-refractivity contribution in [2.75, 3.05) is 31.5 Å². The van der Waals surface area contributed by atoms with E-state index in [-0.39, 0.29) is 17.8 Å². The second kappa shape index (κ2) is 7.33. The number of rotatable bonds is 2. The molecule has 0 aromatic heterocycles. The van der Waals surface area contributed by atoms with Crippen molar-refractivity contribution >= 4 is 11.7 Å². The monoisotopic (exact) mass is 423 g/mol. The molecule has 1 aliphatic heterocycles. The van der Waals surface area contributed by atoms with Gasteiger partial charge in [-0.15, -0.1) is 0 Å². The summed E-state index contributed by atoms with van der Waals surface area (Å²) in [5.74, 6) is 0. The second-order valence-corrected chi connectivity index (χ2v) is 5.99. The van der Waals surface area contributed by atoms with Gasteiger partial charge >= 0.3 is 24.6 Å². The highest BCUT2D eigenvalue weighted by Crippen LogP contribution is 2.60. The number of amides is 2. The first-order chi connectivity index (χ1) is 12.7. The maximum absolute atomic E-state index is 13.1. The van der Waals surface area contributed by atoms with Crippen LogP contribution in [0, 0.1) is 0 Å². The fourth-order valence-electron chi connectivity index (χ4n) is 2.85. The van der Waals surface area contributed by atoms with E-state index in [9.17, 15) is 44.3 Å². The van der Waals surface area contributed by atoms with Crippen LogP contribution >= 0.6 is 0 Å². The van der Waals surface area contributed by atoms with Gasteiger partial charge in [0.15, 0.2) is 0 Å². The Morgan fingerprint density at radius 3 is 1.64 bits per heavy atom. The average Bonchev–Trinajstić information content (AvgIpc) is 2.53. The Bertz CT molecular complexity index is 653. The number of urea groups is 1. The van der Waals surface area contributed by atoms with Gasteiger partial charge in [-0.1, -0.05) is 12.1 Å². The van der Waals surface area contributed by atoms with Gasteiger partial charge < -0.3 is 15.5 Å². The van der Waals surface area contributed by atoms with Crippen LogP contribution in [0.25, 0.3) is 0 Å². The van der Waals surface area contributed by atoms with Crippen molar-refractivity contribution in [1.29, 1.82) is 0 Å². The fraction of sp³-hybridized carbons (Fsp3) is 0.533. The van der Waals surface area contributed by atoms with Crippen molar-refractivity contribution in [3.8, 4) is 0 Å². The number of hydrogen-bond donors (Lipinski definition) is 2. The van der Waals surface area contributed by atoms with Gasteiger partial charge in [-0.2, -0.15) is 39.5 Å². The lowest BCUT2D eigenvalue weighted by Crippen LogP contribution is -2.63. The summed E-state index contributed by atoms with van der Waals surface area (Å²) in [5.41, 5.74) is -8.33. The van der Waals surface area contributed by atoms with Crippen LogP contribution in [-0.4, -0.2) is 55.6 Å². The lowest BCUT2D eigenvalue weighted by atomic mass is 9.78. The molecule has 1 aromatic carbocycles. The van der Waals surface area contributed by atoms with E-state index in [1.807, 2.05) is 0 Å². The molecule has 0 aliphatic carbocycles. The van der Waals surface area contributed by atoms with Crippen LogP contribution in [0.4, 0.5) is 50.0 Å². The number of anilines is 1. The number of piperazine rings is 1. The highest BCUT2D eigenvalue weighted by molar-refractivity contribution is 5.89. The van der Waals surface area contributed by atoms with Gasteiger partial charge in [0.1, 0.15) is 0 Å². The molecule has 1 aromatic rings. The minimum atomic E-state index is -6.69. The minimum absolute atomic E-state index is 0.0574. The fourth-order valence-corrected chi connectivity index (χ4v) is 2.85. The van der Waals surface area contributed by atoms with Crippen molar-refractivity contribution in [1.82, 2.24) is 10.2 Å². The largest absolute Gasteiger partial charge is 0.416 e. The number of halogens is 9. The van der Waals surface area contributed by atoms with Crippen LogP contribution in [0.1, 0.15) is 5.56 Å². The highest BCUT2D eigenvalue weighted by atomic mass is 19.4. The van der Waals surface area contributed by atoms with E-state index in [2.05, 4.69) is 10.6 Å². The molecule has 13 heteroatoms. The number of hydrogen-bond acceptors (Lipinski definition) is 2. The first-order valence-electron chi connectivity index (χ1n) is 7.79. The van der Waals surface area contributed by atoms with Gasteiger partial charge in [-0.25, -0.2) is 4.79 Å². The van der Waals surface area contributed by atoms with Gasteiger partial charge in [0.2, 0.25) is 0 Å². The maximum atomic E-state index is 13.1. The summed E-state index contributed by atoms with van der Waals surface area (Å²) in [6.45, 7) is 1.59. The Kier molecular flexibility index (Phi) is 5.79. The van der Waals surface area contributed by atoms with Gasteiger partial charge in [0.05, 0.1) is 0 Å². The molecule has 1 fully saturated rings. The first kappa shape index (κ1) is 22.1. The number of nitrogens with zero attached hydrogens (tertiary/aromatic N) is 1. The third-order valence-corrected chi connectivity index (χ3v) is 4.25. The molecular formula is C15H14F9N3O. The molecule has 0 bridgehead atoms. The van der Waals surface area contributed by atoms with E-state index in [4.69, 9.17) is 0 Å². The lowest BCUT2D eigenvalue weighted by Gasteiger charge is -2.38.